The van der Waals surface area contributed by atoms with E-state index in [0.717, 1.165) is 11.5 Å². The van der Waals surface area contributed by atoms with E-state index in [2.05, 4.69) is 55.7 Å². The molecule has 3 rings (SSSR count). The van der Waals surface area contributed by atoms with Gasteiger partial charge in [-0.3, -0.25) is 9.48 Å². The highest BCUT2D eigenvalue weighted by Crippen LogP contribution is 2.24. The van der Waals surface area contributed by atoms with Crippen molar-refractivity contribution in [3.05, 3.63) is 41.3 Å². The molecule has 0 radical (unpaired) electrons. The molecule has 28 heavy (non-hydrogen) atoms. The van der Waals surface area contributed by atoms with Crippen LogP contribution in [0.15, 0.2) is 24.4 Å². The van der Waals surface area contributed by atoms with Crippen molar-refractivity contribution in [2.45, 2.75) is 46.1 Å². The fourth-order valence-corrected chi connectivity index (χ4v) is 3.41. The highest BCUT2D eigenvalue weighted by molar-refractivity contribution is 5.92. The van der Waals surface area contributed by atoms with Gasteiger partial charge in [-0.15, -0.1) is 0 Å². The number of carbonyl (C=O) groups excluding carboxylic acids is 1. The zero-order valence-corrected chi connectivity index (χ0v) is 17.3. The second-order valence-electron chi connectivity index (χ2n) is 8.49. The highest BCUT2D eigenvalue weighted by atomic mass is 16.2. The quantitative estimate of drug-likeness (QED) is 0.818. The second-order valence-corrected chi connectivity index (χ2v) is 8.49. The lowest BCUT2D eigenvalue weighted by Crippen LogP contribution is -2.49. The van der Waals surface area contributed by atoms with Crippen LogP contribution in [0.2, 0.25) is 0 Å². The van der Waals surface area contributed by atoms with Crippen molar-refractivity contribution in [1.82, 2.24) is 19.7 Å². The lowest BCUT2D eigenvalue weighted by Gasteiger charge is -2.35. The third-order valence-electron chi connectivity index (χ3n) is 4.95. The van der Waals surface area contributed by atoms with Crippen LogP contribution in [-0.2, 0) is 5.54 Å². The van der Waals surface area contributed by atoms with Gasteiger partial charge in [-0.05, 0) is 44.9 Å². The molecule has 0 unspecified atom stereocenters. The smallest absolute Gasteiger partial charge is 0.274 e. The van der Waals surface area contributed by atoms with E-state index in [1.807, 2.05) is 15.6 Å². The first-order chi connectivity index (χ1) is 13.2. The van der Waals surface area contributed by atoms with E-state index < -0.39 is 0 Å². The largest absolute Gasteiger partial charge is 0.353 e. The summed E-state index contributed by atoms with van der Waals surface area (Å²) in [6, 6.07) is 7.56. The molecule has 148 valence electrons. The van der Waals surface area contributed by atoms with E-state index in [-0.39, 0.29) is 11.4 Å². The van der Waals surface area contributed by atoms with Gasteiger partial charge < -0.3 is 9.80 Å². The van der Waals surface area contributed by atoms with Crippen LogP contribution in [0, 0.1) is 11.3 Å². The molecule has 1 aliphatic heterocycles. The van der Waals surface area contributed by atoms with Crippen molar-refractivity contribution >= 4 is 11.7 Å². The minimum absolute atomic E-state index is 0.0247. The molecule has 1 saturated heterocycles. The van der Waals surface area contributed by atoms with E-state index in [1.165, 1.54) is 0 Å². The molecular formula is C21H28N6O. The van der Waals surface area contributed by atoms with E-state index in [4.69, 9.17) is 5.26 Å². The molecule has 0 atom stereocenters. The first kappa shape index (κ1) is 19.9. The summed E-state index contributed by atoms with van der Waals surface area (Å²) < 4.78 is 1.97. The summed E-state index contributed by atoms with van der Waals surface area (Å²) in [5.74, 6) is 1.05. The molecule has 0 bridgehead atoms. The Morgan fingerprint density at radius 1 is 1.18 bits per heavy atom. The predicted octanol–water partition coefficient (Wildman–Crippen LogP) is 2.99. The predicted molar refractivity (Wildman–Crippen MR) is 108 cm³/mol. The van der Waals surface area contributed by atoms with Crippen LogP contribution >= 0.6 is 0 Å². The van der Waals surface area contributed by atoms with Crippen LogP contribution in [0.3, 0.4) is 0 Å². The lowest BCUT2D eigenvalue weighted by molar-refractivity contribution is 0.0739. The Morgan fingerprint density at radius 3 is 2.39 bits per heavy atom. The number of pyridine rings is 1. The summed E-state index contributed by atoms with van der Waals surface area (Å²) in [5.41, 5.74) is 2.01. The van der Waals surface area contributed by atoms with E-state index >= 15 is 0 Å². The van der Waals surface area contributed by atoms with Gasteiger partial charge in [0.15, 0.2) is 5.69 Å². The summed E-state index contributed by atoms with van der Waals surface area (Å²) in [7, 11) is 0. The van der Waals surface area contributed by atoms with Gasteiger partial charge in [0.2, 0.25) is 0 Å². The maximum Gasteiger partial charge on any atom is 0.274 e. The standard InChI is InChI=1S/C21H28N6O/c1-15(2)18-13-17(24-27(18)21(3,4)5)20(28)26-10-8-25(9-11-26)19-12-16(14-22)6-7-23-19/h6-7,12-13,15H,8-11H2,1-5H3. The topological polar surface area (TPSA) is 78.1 Å². The van der Waals surface area contributed by atoms with Crippen LogP contribution in [0.5, 0.6) is 0 Å². The maximum atomic E-state index is 13.0. The number of carbonyl (C=O) groups is 1. The number of piperazine rings is 1. The van der Waals surface area contributed by atoms with Gasteiger partial charge in [-0.2, -0.15) is 10.4 Å². The first-order valence-corrected chi connectivity index (χ1v) is 9.71. The van der Waals surface area contributed by atoms with Gasteiger partial charge in [0.25, 0.3) is 5.91 Å². The SMILES string of the molecule is CC(C)c1cc(C(=O)N2CCN(c3cc(C#N)ccn3)CC2)nn1C(C)(C)C. The highest BCUT2D eigenvalue weighted by Gasteiger charge is 2.28. The molecule has 0 N–H and O–H groups in total. The van der Waals surface area contributed by atoms with Gasteiger partial charge in [0, 0.05) is 38.1 Å². The summed E-state index contributed by atoms with van der Waals surface area (Å²) in [4.78, 5) is 21.3. The number of hydrogen-bond acceptors (Lipinski definition) is 5. The molecule has 7 heteroatoms. The molecule has 0 aromatic carbocycles. The Balaban J connectivity index is 1.73. The van der Waals surface area contributed by atoms with Crippen LogP contribution in [0.4, 0.5) is 5.82 Å². The minimum Gasteiger partial charge on any atom is -0.353 e. The summed E-state index contributed by atoms with van der Waals surface area (Å²) in [6.45, 7) is 13.1. The van der Waals surface area contributed by atoms with Gasteiger partial charge in [-0.25, -0.2) is 4.98 Å². The van der Waals surface area contributed by atoms with Gasteiger partial charge in [0.05, 0.1) is 17.2 Å². The molecule has 1 amide bonds. The second kappa shape index (κ2) is 7.63. The first-order valence-electron chi connectivity index (χ1n) is 9.71. The molecule has 0 saturated carbocycles. The number of nitriles is 1. The molecular weight excluding hydrogens is 352 g/mol. The Labute approximate surface area is 166 Å². The Kier molecular flexibility index (Phi) is 5.41. The number of anilines is 1. The maximum absolute atomic E-state index is 13.0. The third-order valence-corrected chi connectivity index (χ3v) is 4.95. The molecule has 0 aliphatic carbocycles. The zero-order chi connectivity index (χ0) is 20.5. The van der Waals surface area contributed by atoms with Gasteiger partial charge >= 0.3 is 0 Å². The Bertz CT molecular complexity index is 894. The fraction of sp³-hybridized carbons (Fsp3) is 0.524. The van der Waals surface area contributed by atoms with Crippen molar-refractivity contribution in [2.24, 2.45) is 0 Å². The monoisotopic (exact) mass is 380 g/mol. The summed E-state index contributed by atoms with van der Waals surface area (Å²) >= 11 is 0. The van der Waals surface area contributed by atoms with Crippen LogP contribution < -0.4 is 4.90 Å². The number of aromatic nitrogens is 3. The van der Waals surface area contributed by atoms with Crippen molar-refractivity contribution in [3.8, 4) is 6.07 Å². The van der Waals surface area contributed by atoms with Gasteiger partial charge in [-0.1, -0.05) is 13.8 Å². The van der Waals surface area contributed by atoms with Crippen LogP contribution in [-0.4, -0.2) is 51.8 Å². The van der Waals surface area contributed by atoms with E-state index in [0.29, 0.717) is 43.4 Å². The normalized spacial score (nSPS) is 15.0. The van der Waals surface area contributed by atoms with Crippen molar-refractivity contribution in [1.29, 1.82) is 5.26 Å². The number of amides is 1. The molecule has 2 aromatic heterocycles. The summed E-state index contributed by atoms with van der Waals surface area (Å²) in [5, 5.41) is 13.7. The molecule has 1 aliphatic rings. The third kappa shape index (κ3) is 4.01. The van der Waals surface area contributed by atoms with E-state index in [9.17, 15) is 4.79 Å². The summed E-state index contributed by atoms with van der Waals surface area (Å²) in [6.07, 6.45) is 1.65. The van der Waals surface area contributed by atoms with Gasteiger partial charge in [0.1, 0.15) is 5.82 Å². The van der Waals surface area contributed by atoms with E-state index in [1.54, 1.807) is 18.3 Å². The number of nitrogens with zero attached hydrogens (tertiary/aromatic N) is 6. The van der Waals surface area contributed by atoms with Crippen molar-refractivity contribution < 1.29 is 4.79 Å². The van der Waals surface area contributed by atoms with Crippen molar-refractivity contribution in [3.63, 3.8) is 0 Å². The number of hydrogen-bond donors (Lipinski definition) is 0. The van der Waals surface area contributed by atoms with Crippen LogP contribution in [0.1, 0.15) is 62.3 Å². The van der Waals surface area contributed by atoms with Crippen molar-refractivity contribution in [2.75, 3.05) is 31.1 Å². The Morgan fingerprint density at radius 2 is 1.86 bits per heavy atom. The molecule has 1 fully saturated rings. The molecule has 0 spiro atoms. The fourth-order valence-electron chi connectivity index (χ4n) is 3.41. The number of rotatable bonds is 3. The minimum atomic E-state index is -0.172. The van der Waals surface area contributed by atoms with Crippen LogP contribution in [0.25, 0.3) is 0 Å². The molecule has 2 aromatic rings. The zero-order valence-electron chi connectivity index (χ0n) is 17.3. The molecule has 3 heterocycles. The Hall–Kier alpha value is -2.88. The average Bonchev–Trinajstić information content (AvgIpc) is 3.14. The molecule has 7 nitrogen and oxygen atoms in total. The average molecular weight is 380 g/mol. The lowest BCUT2D eigenvalue weighted by atomic mass is 10.1.